The van der Waals surface area contributed by atoms with Crippen LogP contribution in [0.4, 0.5) is 5.69 Å². The third-order valence-corrected chi connectivity index (χ3v) is 4.41. The quantitative estimate of drug-likeness (QED) is 0.664. The number of rotatable bonds is 3. The summed E-state index contributed by atoms with van der Waals surface area (Å²) in [5, 5.41) is 8.77. The van der Waals surface area contributed by atoms with E-state index in [4.69, 9.17) is 10.8 Å². The first-order valence-electron chi connectivity index (χ1n) is 3.88. The van der Waals surface area contributed by atoms with E-state index in [1.807, 2.05) is 6.07 Å². The van der Waals surface area contributed by atoms with Gasteiger partial charge in [0.05, 0.1) is 4.83 Å². The van der Waals surface area contributed by atoms with E-state index in [2.05, 4.69) is 31.9 Å². The van der Waals surface area contributed by atoms with Crippen molar-refractivity contribution in [3.63, 3.8) is 0 Å². The van der Waals surface area contributed by atoms with Crippen LogP contribution in [0.25, 0.3) is 0 Å². The van der Waals surface area contributed by atoms with Crippen LogP contribution in [-0.4, -0.2) is 15.9 Å². The molecule has 2 atom stereocenters. The number of nitrogen functional groups attached to an aromatic ring is 1. The third kappa shape index (κ3) is 2.72. The van der Waals surface area contributed by atoms with Crippen LogP contribution < -0.4 is 5.73 Å². The third-order valence-electron chi connectivity index (χ3n) is 1.72. The Morgan fingerprint density at radius 2 is 2.07 bits per heavy atom. The van der Waals surface area contributed by atoms with E-state index in [0.717, 1.165) is 5.56 Å². The minimum Gasteiger partial charge on any atom is -0.480 e. The summed E-state index contributed by atoms with van der Waals surface area (Å²) in [6, 6.07) is 7.12. The molecule has 3 N–H and O–H groups in total. The molecule has 1 rings (SSSR count). The van der Waals surface area contributed by atoms with Gasteiger partial charge in [0, 0.05) is 5.69 Å². The van der Waals surface area contributed by atoms with E-state index in [-0.39, 0.29) is 4.83 Å². The lowest BCUT2D eigenvalue weighted by Crippen LogP contribution is -2.17. The van der Waals surface area contributed by atoms with E-state index in [1.165, 1.54) is 0 Å². The van der Waals surface area contributed by atoms with Gasteiger partial charge in [0.15, 0.2) is 0 Å². The molecule has 14 heavy (non-hydrogen) atoms. The number of nitrogens with two attached hydrogens (primary N) is 1. The molecule has 0 amide bonds. The second kappa shape index (κ2) is 4.79. The summed E-state index contributed by atoms with van der Waals surface area (Å²) >= 11 is 6.38. The molecular formula is C9H9Br2NO2. The van der Waals surface area contributed by atoms with Crippen LogP contribution in [0.15, 0.2) is 24.3 Å². The van der Waals surface area contributed by atoms with Crippen LogP contribution in [0.2, 0.25) is 0 Å². The zero-order chi connectivity index (χ0) is 10.7. The van der Waals surface area contributed by atoms with Crippen molar-refractivity contribution in [1.82, 2.24) is 0 Å². The van der Waals surface area contributed by atoms with Gasteiger partial charge in [0.1, 0.15) is 4.83 Å². The molecule has 3 nitrogen and oxygen atoms in total. The molecule has 0 saturated carbocycles. The fraction of sp³-hybridized carbons (Fsp3) is 0.222. The van der Waals surface area contributed by atoms with Crippen molar-refractivity contribution < 1.29 is 9.90 Å². The van der Waals surface area contributed by atoms with Gasteiger partial charge in [-0.1, -0.05) is 44.0 Å². The molecule has 1 aromatic carbocycles. The topological polar surface area (TPSA) is 63.3 Å². The van der Waals surface area contributed by atoms with Crippen molar-refractivity contribution in [3.8, 4) is 0 Å². The molecule has 0 bridgehead atoms. The molecule has 0 aromatic heterocycles. The fourth-order valence-corrected chi connectivity index (χ4v) is 1.84. The van der Waals surface area contributed by atoms with Crippen molar-refractivity contribution in [2.45, 2.75) is 9.65 Å². The molecular weight excluding hydrogens is 314 g/mol. The smallest absolute Gasteiger partial charge is 0.318 e. The van der Waals surface area contributed by atoms with Gasteiger partial charge in [-0.05, 0) is 17.7 Å². The van der Waals surface area contributed by atoms with E-state index in [9.17, 15) is 4.79 Å². The van der Waals surface area contributed by atoms with Crippen LogP contribution in [0.3, 0.4) is 0 Å². The Balaban J connectivity index is 2.89. The van der Waals surface area contributed by atoms with Gasteiger partial charge in [-0.2, -0.15) is 0 Å². The molecule has 0 unspecified atom stereocenters. The van der Waals surface area contributed by atoms with Gasteiger partial charge in [-0.3, -0.25) is 4.79 Å². The van der Waals surface area contributed by atoms with Crippen LogP contribution in [0.1, 0.15) is 10.4 Å². The largest absolute Gasteiger partial charge is 0.480 e. The first kappa shape index (κ1) is 11.5. The number of alkyl halides is 2. The first-order chi connectivity index (χ1) is 6.52. The van der Waals surface area contributed by atoms with Gasteiger partial charge in [0.25, 0.3) is 0 Å². The fourth-order valence-electron chi connectivity index (χ4n) is 1.02. The Bertz CT molecular complexity index is 343. The van der Waals surface area contributed by atoms with Gasteiger partial charge < -0.3 is 10.8 Å². The van der Waals surface area contributed by atoms with Crippen LogP contribution >= 0.6 is 31.9 Å². The maximum absolute atomic E-state index is 10.7. The number of carboxylic acids is 1. The monoisotopic (exact) mass is 321 g/mol. The summed E-state index contributed by atoms with van der Waals surface area (Å²) in [7, 11) is 0. The SMILES string of the molecule is Nc1cccc([C@H](Br)[C@@H](Br)C(=O)O)c1. The predicted octanol–water partition coefficient (Wildman–Crippen LogP) is 2.55. The molecule has 0 fully saturated rings. The maximum Gasteiger partial charge on any atom is 0.318 e. The molecule has 0 spiro atoms. The predicted molar refractivity (Wildman–Crippen MR) is 62.9 cm³/mol. The molecule has 0 aliphatic carbocycles. The Morgan fingerprint density at radius 3 is 2.57 bits per heavy atom. The summed E-state index contributed by atoms with van der Waals surface area (Å²) in [6.45, 7) is 0. The second-order valence-electron chi connectivity index (χ2n) is 2.81. The lowest BCUT2D eigenvalue weighted by atomic mass is 10.1. The van der Waals surface area contributed by atoms with Crippen molar-refractivity contribution >= 4 is 43.5 Å². The van der Waals surface area contributed by atoms with Gasteiger partial charge in [-0.25, -0.2) is 0 Å². The highest BCUT2D eigenvalue weighted by atomic mass is 79.9. The van der Waals surface area contributed by atoms with E-state index in [0.29, 0.717) is 5.69 Å². The Morgan fingerprint density at radius 1 is 1.43 bits per heavy atom. The van der Waals surface area contributed by atoms with Gasteiger partial charge in [-0.15, -0.1) is 0 Å². The molecule has 0 saturated heterocycles. The normalized spacial score (nSPS) is 14.7. The van der Waals surface area contributed by atoms with E-state index in [1.54, 1.807) is 18.2 Å². The molecule has 0 aliphatic heterocycles. The van der Waals surface area contributed by atoms with Crippen LogP contribution in [0.5, 0.6) is 0 Å². The van der Waals surface area contributed by atoms with Gasteiger partial charge >= 0.3 is 5.97 Å². The summed E-state index contributed by atoms with van der Waals surface area (Å²) in [4.78, 5) is 9.74. The Hall–Kier alpha value is -0.550. The molecule has 1 aromatic rings. The van der Waals surface area contributed by atoms with Crippen molar-refractivity contribution in [2.24, 2.45) is 0 Å². The number of benzene rings is 1. The van der Waals surface area contributed by atoms with Crippen LogP contribution in [-0.2, 0) is 4.79 Å². The van der Waals surface area contributed by atoms with E-state index >= 15 is 0 Å². The lowest BCUT2D eigenvalue weighted by molar-refractivity contribution is -0.136. The second-order valence-corrected chi connectivity index (χ2v) is 4.78. The Labute approximate surface area is 98.6 Å². The average molecular weight is 323 g/mol. The van der Waals surface area contributed by atoms with E-state index < -0.39 is 10.8 Å². The molecule has 0 heterocycles. The number of halogens is 2. The zero-order valence-electron chi connectivity index (χ0n) is 7.15. The summed E-state index contributed by atoms with van der Waals surface area (Å²) in [5.74, 6) is -0.908. The molecule has 0 radical (unpaired) electrons. The molecule has 5 heteroatoms. The van der Waals surface area contributed by atoms with Crippen molar-refractivity contribution in [3.05, 3.63) is 29.8 Å². The summed E-state index contributed by atoms with van der Waals surface area (Å²) in [5.41, 5.74) is 7.05. The number of hydrogen-bond donors (Lipinski definition) is 2. The standard InChI is InChI=1S/C9H9Br2NO2/c10-7(8(11)9(13)14)5-2-1-3-6(12)4-5/h1-4,7-8H,12H2,(H,13,14)/t7-,8+/m0/s1. The Kier molecular flexibility index (Phi) is 3.95. The lowest BCUT2D eigenvalue weighted by Gasteiger charge is -2.13. The number of aliphatic carboxylic acids is 1. The number of carboxylic acid groups (broad SMARTS) is 1. The number of hydrogen-bond acceptors (Lipinski definition) is 2. The summed E-state index contributed by atoms with van der Waals surface area (Å²) in [6.07, 6.45) is 0. The summed E-state index contributed by atoms with van der Waals surface area (Å²) < 4.78 is 0. The number of carbonyl (C=O) groups is 1. The highest BCUT2D eigenvalue weighted by molar-refractivity contribution is 9.12. The number of anilines is 1. The highest BCUT2D eigenvalue weighted by Gasteiger charge is 2.24. The van der Waals surface area contributed by atoms with Gasteiger partial charge in [0.2, 0.25) is 0 Å². The minimum absolute atomic E-state index is 0.288. The van der Waals surface area contributed by atoms with Crippen LogP contribution in [0, 0.1) is 0 Å². The van der Waals surface area contributed by atoms with Crippen molar-refractivity contribution in [2.75, 3.05) is 5.73 Å². The molecule has 0 aliphatic rings. The highest BCUT2D eigenvalue weighted by Crippen LogP contribution is 2.32. The molecule has 76 valence electrons. The average Bonchev–Trinajstić information content (AvgIpc) is 2.15. The zero-order valence-corrected chi connectivity index (χ0v) is 10.3. The first-order valence-corrected chi connectivity index (χ1v) is 5.72. The minimum atomic E-state index is -0.908. The van der Waals surface area contributed by atoms with Crippen molar-refractivity contribution in [1.29, 1.82) is 0 Å². The maximum atomic E-state index is 10.7.